The van der Waals surface area contributed by atoms with Gasteiger partial charge in [-0.3, -0.25) is 4.68 Å². The van der Waals surface area contributed by atoms with Gasteiger partial charge < -0.3 is 4.74 Å². The van der Waals surface area contributed by atoms with Crippen molar-refractivity contribution in [2.45, 2.75) is 0 Å². The van der Waals surface area contributed by atoms with Gasteiger partial charge in [0.1, 0.15) is 0 Å². The fraction of sp³-hybridized carbons (Fsp3) is 0.222. The number of aromatic nitrogens is 2. The zero-order chi connectivity index (χ0) is 9.42. The summed E-state index contributed by atoms with van der Waals surface area (Å²) in [5.41, 5.74) is 1.10. The summed E-state index contributed by atoms with van der Waals surface area (Å²) in [5.74, 6) is 0.697. The van der Waals surface area contributed by atoms with Crippen molar-refractivity contribution < 1.29 is 4.74 Å². The predicted octanol–water partition coefficient (Wildman–Crippen LogP) is 2.19. The maximum absolute atomic E-state index is 5.19. The van der Waals surface area contributed by atoms with Crippen molar-refractivity contribution in [1.29, 1.82) is 0 Å². The zero-order valence-corrected chi connectivity index (χ0v) is 9.57. The molecule has 0 fully saturated rings. The molecule has 3 nitrogen and oxygen atoms in total. The highest BCUT2D eigenvalue weighted by atomic mass is 127. The molecule has 4 heteroatoms. The molecule has 0 unspecified atom stereocenters. The molecule has 0 aliphatic heterocycles. The van der Waals surface area contributed by atoms with E-state index in [0.717, 1.165) is 10.9 Å². The lowest BCUT2D eigenvalue weighted by Gasteiger charge is -1.95. The Kier molecular flexibility index (Phi) is 2.15. The van der Waals surface area contributed by atoms with Crippen molar-refractivity contribution in [2.75, 3.05) is 7.11 Å². The Bertz CT molecular complexity index is 450. The van der Waals surface area contributed by atoms with Crippen LogP contribution in [0.1, 0.15) is 0 Å². The molecule has 68 valence electrons. The van der Waals surface area contributed by atoms with Gasteiger partial charge in [0.2, 0.25) is 5.88 Å². The van der Waals surface area contributed by atoms with Crippen molar-refractivity contribution in [1.82, 2.24) is 9.78 Å². The topological polar surface area (TPSA) is 27.1 Å². The Morgan fingerprint density at radius 3 is 2.92 bits per heavy atom. The molecule has 0 N–H and O–H groups in total. The van der Waals surface area contributed by atoms with Crippen molar-refractivity contribution in [2.24, 2.45) is 7.05 Å². The predicted molar refractivity (Wildman–Crippen MR) is 60.0 cm³/mol. The van der Waals surface area contributed by atoms with Crippen LogP contribution in [0.3, 0.4) is 0 Å². The molecule has 1 aromatic carbocycles. The Morgan fingerprint density at radius 1 is 1.46 bits per heavy atom. The highest BCUT2D eigenvalue weighted by Gasteiger charge is 2.10. The average Bonchev–Trinajstić information content (AvgIpc) is 2.45. The summed E-state index contributed by atoms with van der Waals surface area (Å²) in [6, 6.07) is 6.10. The standard InChI is InChI=1S/C9H9IN2O/c1-12-7-5-3-4-6(10)8(7)9(11-12)13-2/h3-5H,1-2H3. The number of benzene rings is 1. The molecule has 0 atom stereocenters. The Morgan fingerprint density at radius 2 is 2.23 bits per heavy atom. The molecule has 0 radical (unpaired) electrons. The number of nitrogens with zero attached hydrogens (tertiary/aromatic N) is 2. The third-order valence-electron chi connectivity index (χ3n) is 1.99. The molecular weight excluding hydrogens is 279 g/mol. The average molecular weight is 288 g/mol. The van der Waals surface area contributed by atoms with E-state index in [1.54, 1.807) is 7.11 Å². The van der Waals surface area contributed by atoms with E-state index in [0.29, 0.717) is 5.88 Å². The first-order chi connectivity index (χ1) is 6.24. The van der Waals surface area contributed by atoms with Crippen LogP contribution in [0.5, 0.6) is 5.88 Å². The van der Waals surface area contributed by atoms with Gasteiger partial charge in [-0.05, 0) is 34.7 Å². The van der Waals surface area contributed by atoms with Gasteiger partial charge in [-0.15, -0.1) is 5.10 Å². The van der Waals surface area contributed by atoms with Crippen LogP contribution in [0, 0.1) is 3.57 Å². The van der Waals surface area contributed by atoms with Crippen LogP contribution >= 0.6 is 22.6 Å². The fourth-order valence-corrected chi connectivity index (χ4v) is 2.09. The van der Waals surface area contributed by atoms with Gasteiger partial charge in [-0.25, -0.2) is 0 Å². The summed E-state index contributed by atoms with van der Waals surface area (Å²) in [6.07, 6.45) is 0. The minimum atomic E-state index is 0.697. The second-order valence-electron chi connectivity index (χ2n) is 2.77. The fourth-order valence-electron chi connectivity index (χ4n) is 1.38. The first-order valence-electron chi connectivity index (χ1n) is 3.89. The molecule has 0 aliphatic carbocycles. The summed E-state index contributed by atoms with van der Waals surface area (Å²) >= 11 is 2.29. The molecule has 0 aliphatic rings. The van der Waals surface area contributed by atoms with E-state index in [-0.39, 0.29) is 0 Å². The highest BCUT2D eigenvalue weighted by molar-refractivity contribution is 14.1. The highest BCUT2D eigenvalue weighted by Crippen LogP contribution is 2.28. The number of aryl methyl sites for hydroxylation is 1. The number of hydrogen-bond donors (Lipinski definition) is 0. The van der Waals surface area contributed by atoms with E-state index in [1.165, 1.54) is 3.57 Å². The van der Waals surface area contributed by atoms with E-state index in [1.807, 2.05) is 29.9 Å². The van der Waals surface area contributed by atoms with Crippen LogP contribution in [0.4, 0.5) is 0 Å². The van der Waals surface area contributed by atoms with Gasteiger partial charge in [0.25, 0.3) is 0 Å². The Balaban J connectivity index is 2.89. The number of fused-ring (bicyclic) bond motifs is 1. The van der Waals surface area contributed by atoms with Gasteiger partial charge >= 0.3 is 0 Å². The number of ether oxygens (including phenoxy) is 1. The summed E-state index contributed by atoms with van der Waals surface area (Å²) in [6.45, 7) is 0. The van der Waals surface area contributed by atoms with Crippen LogP contribution in [-0.4, -0.2) is 16.9 Å². The van der Waals surface area contributed by atoms with Crippen LogP contribution in [0.25, 0.3) is 10.9 Å². The first-order valence-corrected chi connectivity index (χ1v) is 4.97. The lowest BCUT2D eigenvalue weighted by atomic mass is 10.2. The molecule has 0 saturated heterocycles. The van der Waals surface area contributed by atoms with Gasteiger partial charge in [-0.1, -0.05) is 6.07 Å². The Hall–Kier alpha value is -0.780. The SMILES string of the molecule is COc1nn(C)c2cccc(I)c12. The molecule has 0 amide bonds. The lowest BCUT2D eigenvalue weighted by molar-refractivity contribution is 0.396. The van der Waals surface area contributed by atoms with Crippen LogP contribution < -0.4 is 4.74 Å². The largest absolute Gasteiger partial charge is 0.479 e. The van der Waals surface area contributed by atoms with Crippen LogP contribution in [-0.2, 0) is 7.05 Å². The maximum Gasteiger partial charge on any atom is 0.241 e. The minimum Gasteiger partial charge on any atom is -0.479 e. The Labute approximate surface area is 89.8 Å². The molecule has 0 bridgehead atoms. The summed E-state index contributed by atoms with van der Waals surface area (Å²) < 4.78 is 8.19. The third-order valence-corrected chi connectivity index (χ3v) is 2.89. The number of hydrogen-bond acceptors (Lipinski definition) is 2. The van der Waals surface area contributed by atoms with E-state index in [2.05, 4.69) is 27.7 Å². The minimum absolute atomic E-state index is 0.697. The number of rotatable bonds is 1. The third kappa shape index (κ3) is 1.29. The molecule has 13 heavy (non-hydrogen) atoms. The second-order valence-corrected chi connectivity index (χ2v) is 3.93. The monoisotopic (exact) mass is 288 g/mol. The van der Waals surface area contributed by atoms with Gasteiger partial charge in [0, 0.05) is 10.6 Å². The quantitative estimate of drug-likeness (QED) is 0.752. The van der Waals surface area contributed by atoms with Crippen molar-refractivity contribution in [3.05, 3.63) is 21.8 Å². The summed E-state index contributed by atoms with van der Waals surface area (Å²) in [4.78, 5) is 0. The molecular formula is C9H9IN2O. The van der Waals surface area contributed by atoms with Crippen LogP contribution in [0.15, 0.2) is 18.2 Å². The van der Waals surface area contributed by atoms with Gasteiger partial charge in [0.15, 0.2) is 0 Å². The van der Waals surface area contributed by atoms with E-state index < -0.39 is 0 Å². The molecule has 0 saturated carbocycles. The second kappa shape index (κ2) is 3.17. The van der Waals surface area contributed by atoms with Crippen molar-refractivity contribution in [3.63, 3.8) is 0 Å². The molecule has 2 aromatic rings. The van der Waals surface area contributed by atoms with Gasteiger partial charge in [0.05, 0.1) is 18.0 Å². The number of halogens is 1. The molecule has 0 spiro atoms. The summed E-state index contributed by atoms with van der Waals surface area (Å²) in [5, 5.41) is 5.35. The maximum atomic E-state index is 5.19. The molecule has 2 rings (SSSR count). The number of methoxy groups -OCH3 is 1. The first kappa shape index (κ1) is 8.80. The van der Waals surface area contributed by atoms with Crippen LogP contribution in [0.2, 0.25) is 0 Å². The van der Waals surface area contributed by atoms with Crippen molar-refractivity contribution >= 4 is 33.5 Å². The molecule has 1 heterocycles. The zero-order valence-electron chi connectivity index (χ0n) is 7.41. The normalized spacial score (nSPS) is 10.7. The smallest absolute Gasteiger partial charge is 0.241 e. The van der Waals surface area contributed by atoms with Crippen molar-refractivity contribution in [3.8, 4) is 5.88 Å². The van der Waals surface area contributed by atoms with Gasteiger partial charge in [-0.2, -0.15) is 0 Å². The van der Waals surface area contributed by atoms with E-state index in [9.17, 15) is 0 Å². The molecule has 1 aromatic heterocycles. The summed E-state index contributed by atoms with van der Waals surface area (Å²) in [7, 11) is 3.56. The van der Waals surface area contributed by atoms with E-state index in [4.69, 9.17) is 4.74 Å². The lowest BCUT2D eigenvalue weighted by Crippen LogP contribution is -1.89. The van der Waals surface area contributed by atoms with E-state index >= 15 is 0 Å².